The molecule has 1 unspecified atom stereocenters. The second-order valence-corrected chi connectivity index (χ2v) is 4.25. The van der Waals surface area contributed by atoms with Crippen molar-refractivity contribution in [2.75, 3.05) is 25.9 Å². The van der Waals surface area contributed by atoms with Crippen LogP contribution in [0.15, 0.2) is 24.3 Å². The van der Waals surface area contributed by atoms with Gasteiger partial charge in [-0.25, -0.2) is 0 Å². The molecule has 1 rings (SSSR count). The van der Waals surface area contributed by atoms with Crippen molar-refractivity contribution in [1.29, 1.82) is 0 Å². The molecule has 2 heteroatoms. The Morgan fingerprint density at radius 1 is 1.27 bits per heavy atom. The quantitative estimate of drug-likeness (QED) is 0.751. The zero-order chi connectivity index (χ0) is 11.3. The van der Waals surface area contributed by atoms with E-state index in [0.717, 1.165) is 18.8 Å². The largest absolute Gasteiger partial charge is 0.399 e. The minimum Gasteiger partial charge on any atom is -0.399 e. The molecule has 0 saturated heterocycles. The number of benzene rings is 1. The van der Waals surface area contributed by atoms with Gasteiger partial charge in [0.15, 0.2) is 0 Å². The van der Waals surface area contributed by atoms with Crippen LogP contribution in [0.25, 0.3) is 0 Å². The zero-order valence-corrected chi connectivity index (χ0v) is 10.0. The third kappa shape index (κ3) is 3.92. The number of nitrogens with zero attached hydrogens (tertiary/aromatic N) is 1. The second-order valence-electron chi connectivity index (χ2n) is 4.25. The van der Waals surface area contributed by atoms with Gasteiger partial charge in [-0.2, -0.15) is 0 Å². The van der Waals surface area contributed by atoms with Crippen LogP contribution in [-0.4, -0.2) is 25.0 Å². The Hall–Kier alpha value is -1.02. The topological polar surface area (TPSA) is 29.3 Å². The molecule has 0 aromatic heterocycles. The van der Waals surface area contributed by atoms with Crippen molar-refractivity contribution in [1.82, 2.24) is 4.90 Å². The van der Waals surface area contributed by atoms with Crippen molar-refractivity contribution in [2.24, 2.45) is 0 Å². The van der Waals surface area contributed by atoms with Crippen LogP contribution in [0.3, 0.4) is 0 Å². The number of rotatable bonds is 5. The van der Waals surface area contributed by atoms with Gasteiger partial charge in [0.05, 0.1) is 0 Å². The van der Waals surface area contributed by atoms with Crippen molar-refractivity contribution in [3.05, 3.63) is 29.8 Å². The molecule has 1 atom stereocenters. The molecule has 2 N–H and O–H groups in total. The van der Waals surface area contributed by atoms with Gasteiger partial charge in [-0.1, -0.05) is 26.0 Å². The molecule has 0 aliphatic heterocycles. The maximum Gasteiger partial charge on any atom is 0.0314 e. The third-order valence-corrected chi connectivity index (χ3v) is 2.99. The van der Waals surface area contributed by atoms with E-state index in [0.29, 0.717) is 5.92 Å². The normalized spacial score (nSPS) is 13.1. The Bertz CT molecular complexity index is 279. The van der Waals surface area contributed by atoms with Crippen molar-refractivity contribution >= 4 is 5.69 Å². The summed E-state index contributed by atoms with van der Waals surface area (Å²) in [6, 6.07) is 8.22. The van der Waals surface area contributed by atoms with E-state index in [4.69, 9.17) is 5.73 Å². The number of hydrogen-bond acceptors (Lipinski definition) is 2. The maximum atomic E-state index is 5.66. The number of nitrogens with two attached hydrogens (primary N) is 1. The first-order valence-corrected chi connectivity index (χ1v) is 5.67. The van der Waals surface area contributed by atoms with Crippen LogP contribution in [0, 0.1) is 0 Å². The van der Waals surface area contributed by atoms with E-state index in [1.807, 2.05) is 12.1 Å². The molecule has 15 heavy (non-hydrogen) atoms. The standard InChI is InChI=1S/C13H22N2/c1-4-15(3)10-9-11(2)12-5-7-13(14)8-6-12/h5-8,11H,4,9-10,14H2,1-3H3. The summed E-state index contributed by atoms with van der Waals surface area (Å²) in [7, 11) is 2.16. The Morgan fingerprint density at radius 2 is 1.87 bits per heavy atom. The predicted molar refractivity (Wildman–Crippen MR) is 67.1 cm³/mol. The van der Waals surface area contributed by atoms with Crippen LogP contribution in [0.5, 0.6) is 0 Å². The minimum atomic E-state index is 0.611. The lowest BCUT2D eigenvalue weighted by Gasteiger charge is -2.17. The summed E-state index contributed by atoms with van der Waals surface area (Å²) >= 11 is 0. The Morgan fingerprint density at radius 3 is 2.40 bits per heavy atom. The van der Waals surface area contributed by atoms with E-state index in [-0.39, 0.29) is 0 Å². The fourth-order valence-electron chi connectivity index (χ4n) is 1.56. The summed E-state index contributed by atoms with van der Waals surface area (Å²) in [4.78, 5) is 2.34. The highest BCUT2D eigenvalue weighted by Crippen LogP contribution is 2.20. The molecule has 0 aliphatic carbocycles. The number of anilines is 1. The first-order chi connectivity index (χ1) is 7.13. The highest BCUT2D eigenvalue weighted by Gasteiger charge is 2.06. The summed E-state index contributed by atoms with van der Waals surface area (Å²) in [5.74, 6) is 0.611. The van der Waals surface area contributed by atoms with E-state index >= 15 is 0 Å². The molecule has 0 saturated carbocycles. The molecular formula is C13H22N2. The lowest BCUT2D eigenvalue weighted by molar-refractivity contribution is 0.337. The zero-order valence-electron chi connectivity index (χ0n) is 10.0. The van der Waals surface area contributed by atoms with E-state index in [1.54, 1.807) is 0 Å². The van der Waals surface area contributed by atoms with Gasteiger partial charge in [0.2, 0.25) is 0 Å². The average Bonchev–Trinajstić information content (AvgIpc) is 2.26. The van der Waals surface area contributed by atoms with E-state index in [1.165, 1.54) is 12.0 Å². The highest BCUT2D eigenvalue weighted by molar-refractivity contribution is 5.40. The molecule has 0 amide bonds. The highest BCUT2D eigenvalue weighted by atomic mass is 15.1. The summed E-state index contributed by atoms with van der Waals surface area (Å²) in [6.07, 6.45) is 1.20. The molecule has 0 spiro atoms. The van der Waals surface area contributed by atoms with Crippen LogP contribution in [0.2, 0.25) is 0 Å². The molecule has 0 aliphatic rings. The Labute approximate surface area is 93.1 Å². The molecule has 0 radical (unpaired) electrons. The molecule has 0 fully saturated rings. The van der Waals surface area contributed by atoms with Crippen LogP contribution in [0.4, 0.5) is 5.69 Å². The smallest absolute Gasteiger partial charge is 0.0314 e. The molecule has 1 aromatic carbocycles. The van der Waals surface area contributed by atoms with Gasteiger partial charge in [0.25, 0.3) is 0 Å². The minimum absolute atomic E-state index is 0.611. The SMILES string of the molecule is CCN(C)CCC(C)c1ccc(N)cc1. The Balaban J connectivity index is 2.46. The van der Waals surface area contributed by atoms with Gasteiger partial charge >= 0.3 is 0 Å². The van der Waals surface area contributed by atoms with Crippen molar-refractivity contribution in [3.63, 3.8) is 0 Å². The molecule has 0 bridgehead atoms. The van der Waals surface area contributed by atoms with Gasteiger partial charge < -0.3 is 10.6 Å². The molecule has 1 aromatic rings. The van der Waals surface area contributed by atoms with Gasteiger partial charge in [-0.3, -0.25) is 0 Å². The third-order valence-electron chi connectivity index (χ3n) is 2.99. The molecular weight excluding hydrogens is 184 g/mol. The van der Waals surface area contributed by atoms with E-state index < -0.39 is 0 Å². The summed E-state index contributed by atoms with van der Waals surface area (Å²) < 4.78 is 0. The first-order valence-electron chi connectivity index (χ1n) is 5.67. The predicted octanol–water partition coefficient (Wildman–Crippen LogP) is 2.71. The van der Waals surface area contributed by atoms with Crippen molar-refractivity contribution in [2.45, 2.75) is 26.2 Å². The molecule has 2 nitrogen and oxygen atoms in total. The van der Waals surface area contributed by atoms with E-state index in [2.05, 4.69) is 37.9 Å². The average molecular weight is 206 g/mol. The summed E-state index contributed by atoms with van der Waals surface area (Å²) in [6.45, 7) is 6.74. The number of nitrogen functional groups attached to an aromatic ring is 1. The number of hydrogen-bond donors (Lipinski definition) is 1. The van der Waals surface area contributed by atoms with Crippen molar-refractivity contribution in [3.8, 4) is 0 Å². The molecule has 84 valence electrons. The maximum absolute atomic E-state index is 5.66. The summed E-state index contributed by atoms with van der Waals surface area (Å²) in [5.41, 5.74) is 7.89. The van der Waals surface area contributed by atoms with Gasteiger partial charge in [-0.05, 0) is 50.2 Å². The monoisotopic (exact) mass is 206 g/mol. The summed E-state index contributed by atoms with van der Waals surface area (Å²) in [5, 5.41) is 0. The first kappa shape index (κ1) is 12.1. The lowest BCUT2D eigenvalue weighted by Crippen LogP contribution is -2.20. The Kier molecular flexibility index (Phi) is 4.63. The molecule has 0 heterocycles. The van der Waals surface area contributed by atoms with Crippen LogP contribution >= 0.6 is 0 Å². The van der Waals surface area contributed by atoms with Crippen LogP contribution in [-0.2, 0) is 0 Å². The van der Waals surface area contributed by atoms with Crippen LogP contribution in [0.1, 0.15) is 31.7 Å². The fraction of sp³-hybridized carbons (Fsp3) is 0.538. The van der Waals surface area contributed by atoms with Gasteiger partial charge in [-0.15, -0.1) is 0 Å². The van der Waals surface area contributed by atoms with Crippen LogP contribution < -0.4 is 5.73 Å². The van der Waals surface area contributed by atoms with E-state index in [9.17, 15) is 0 Å². The lowest BCUT2D eigenvalue weighted by atomic mass is 9.97. The van der Waals surface area contributed by atoms with Gasteiger partial charge in [0.1, 0.15) is 0 Å². The second kappa shape index (κ2) is 5.76. The van der Waals surface area contributed by atoms with Crippen molar-refractivity contribution < 1.29 is 0 Å². The fourth-order valence-corrected chi connectivity index (χ4v) is 1.56. The van der Waals surface area contributed by atoms with Gasteiger partial charge in [0, 0.05) is 5.69 Å².